The molecule has 0 saturated heterocycles. The van der Waals surface area contributed by atoms with Crippen LogP contribution in [0.1, 0.15) is 18.5 Å². The molecule has 0 aliphatic rings. The monoisotopic (exact) mass is 139 g/mol. The van der Waals surface area contributed by atoms with E-state index in [1.807, 2.05) is 13.0 Å². The van der Waals surface area contributed by atoms with Crippen LogP contribution in [-0.4, -0.2) is 5.21 Å². The first-order valence-corrected chi connectivity index (χ1v) is 3.16. The highest BCUT2D eigenvalue weighted by atomic mass is 16.5. The first kappa shape index (κ1) is 7.02. The van der Waals surface area contributed by atoms with Crippen LogP contribution in [0.5, 0.6) is 0 Å². The van der Waals surface area contributed by atoms with Crippen LogP contribution in [0, 0.1) is 0 Å². The summed E-state index contributed by atoms with van der Waals surface area (Å²) in [5, 5.41) is 8.92. The molecule has 1 unspecified atom stereocenters. The van der Waals surface area contributed by atoms with Gasteiger partial charge < -0.3 is 5.73 Å². The quantitative estimate of drug-likeness (QED) is 0.432. The van der Waals surface area contributed by atoms with Crippen molar-refractivity contribution in [1.29, 1.82) is 0 Å². The number of pyridine rings is 1. The number of hydrogen-bond donors (Lipinski definition) is 2. The number of nitrogens with two attached hydrogens (primary N) is 1. The van der Waals surface area contributed by atoms with Crippen molar-refractivity contribution in [2.45, 2.75) is 13.0 Å². The van der Waals surface area contributed by atoms with Gasteiger partial charge in [0.15, 0.2) is 0 Å². The summed E-state index contributed by atoms with van der Waals surface area (Å²) in [6.45, 7) is 1.87. The van der Waals surface area contributed by atoms with Gasteiger partial charge in [-0.1, -0.05) is 0 Å². The molecule has 1 rings (SSSR count). The molecule has 0 aliphatic carbocycles. The van der Waals surface area contributed by atoms with Crippen molar-refractivity contribution in [3.63, 3.8) is 0 Å². The van der Waals surface area contributed by atoms with Crippen LogP contribution in [0.25, 0.3) is 0 Å². The molecule has 0 saturated carbocycles. The summed E-state index contributed by atoms with van der Waals surface area (Å²) >= 11 is 0. The van der Waals surface area contributed by atoms with Crippen molar-refractivity contribution in [3.8, 4) is 0 Å². The molecule has 3 nitrogen and oxygen atoms in total. The maximum atomic E-state index is 8.92. The molecule has 0 spiro atoms. The molecule has 0 fully saturated rings. The lowest BCUT2D eigenvalue weighted by Gasteiger charge is -1.99. The smallest absolute Gasteiger partial charge is 0.226 e. The van der Waals surface area contributed by atoms with Gasteiger partial charge in [-0.15, -0.1) is 0 Å². The van der Waals surface area contributed by atoms with Crippen molar-refractivity contribution in [3.05, 3.63) is 30.1 Å². The second-order valence-electron chi connectivity index (χ2n) is 2.31. The van der Waals surface area contributed by atoms with E-state index in [1.165, 1.54) is 0 Å². The van der Waals surface area contributed by atoms with Gasteiger partial charge in [0, 0.05) is 22.4 Å². The van der Waals surface area contributed by atoms with Crippen LogP contribution >= 0.6 is 0 Å². The minimum Gasteiger partial charge on any atom is -0.324 e. The first-order valence-electron chi connectivity index (χ1n) is 3.16. The van der Waals surface area contributed by atoms with Crippen molar-refractivity contribution >= 4 is 0 Å². The molecule has 0 bridgehead atoms. The molecule has 3 heteroatoms. The van der Waals surface area contributed by atoms with Gasteiger partial charge in [-0.2, -0.15) is 0 Å². The number of aromatic nitrogens is 1. The Hall–Kier alpha value is -1.09. The third kappa shape index (κ3) is 1.45. The van der Waals surface area contributed by atoms with E-state index in [-0.39, 0.29) is 6.04 Å². The fourth-order valence-electron chi connectivity index (χ4n) is 0.750. The second-order valence-corrected chi connectivity index (χ2v) is 2.31. The predicted octanol–water partition coefficient (Wildman–Crippen LogP) is 0.231. The second kappa shape index (κ2) is 2.66. The zero-order valence-electron chi connectivity index (χ0n) is 5.86. The topological polar surface area (TPSA) is 50.1 Å². The summed E-state index contributed by atoms with van der Waals surface area (Å²) in [7, 11) is 0. The van der Waals surface area contributed by atoms with Gasteiger partial charge >= 0.3 is 0 Å². The molecule has 0 aromatic carbocycles. The maximum Gasteiger partial charge on any atom is 0.226 e. The number of hydrogen-bond acceptors (Lipinski definition) is 2. The predicted molar refractivity (Wildman–Crippen MR) is 36.4 cm³/mol. The minimum atomic E-state index is -0.0281. The zero-order valence-corrected chi connectivity index (χ0v) is 5.86. The SMILES string of the molecule is CC(N)c1ccc[n+](O)c1. The average molecular weight is 139 g/mol. The highest BCUT2D eigenvalue weighted by Crippen LogP contribution is 2.03. The molecular formula is C7H11N2O+. The summed E-state index contributed by atoms with van der Waals surface area (Å²) in [4.78, 5) is 0. The van der Waals surface area contributed by atoms with Gasteiger partial charge in [0.25, 0.3) is 0 Å². The lowest BCUT2D eigenvalue weighted by Crippen LogP contribution is -2.29. The summed E-state index contributed by atoms with van der Waals surface area (Å²) in [5.41, 5.74) is 6.48. The van der Waals surface area contributed by atoms with Crippen molar-refractivity contribution in [2.24, 2.45) is 5.73 Å². The molecule has 10 heavy (non-hydrogen) atoms. The van der Waals surface area contributed by atoms with E-state index in [2.05, 4.69) is 0 Å². The van der Waals surface area contributed by atoms with Crippen LogP contribution in [-0.2, 0) is 0 Å². The minimum absolute atomic E-state index is 0.0281. The Labute approximate surface area is 59.7 Å². The highest BCUT2D eigenvalue weighted by Gasteiger charge is 2.03. The van der Waals surface area contributed by atoms with E-state index >= 15 is 0 Å². The van der Waals surface area contributed by atoms with Gasteiger partial charge in [0.05, 0.1) is 0 Å². The molecule has 1 atom stereocenters. The standard InChI is InChI=1S/C7H11N2O/c1-6(8)7-3-2-4-9(10)5-7/h2-6,10H,8H2,1H3/q+1. The van der Waals surface area contributed by atoms with E-state index in [0.717, 1.165) is 10.3 Å². The lowest BCUT2D eigenvalue weighted by molar-refractivity contribution is -0.905. The first-order chi connectivity index (χ1) is 4.70. The van der Waals surface area contributed by atoms with Crippen molar-refractivity contribution in [1.82, 2.24) is 0 Å². The van der Waals surface area contributed by atoms with Gasteiger partial charge in [0.1, 0.15) is 0 Å². The van der Waals surface area contributed by atoms with Gasteiger partial charge in [-0.3, -0.25) is 5.21 Å². The normalized spacial score (nSPS) is 13.0. The molecule has 0 amide bonds. The third-order valence-electron chi connectivity index (χ3n) is 1.33. The van der Waals surface area contributed by atoms with Crippen molar-refractivity contribution in [2.75, 3.05) is 0 Å². The zero-order chi connectivity index (χ0) is 7.56. The van der Waals surface area contributed by atoms with E-state index in [4.69, 9.17) is 10.9 Å². The number of rotatable bonds is 1. The summed E-state index contributed by atoms with van der Waals surface area (Å²) < 4.78 is 0.999. The Morgan fingerprint density at radius 1 is 1.70 bits per heavy atom. The number of nitrogens with zero attached hydrogens (tertiary/aromatic N) is 1. The largest absolute Gasteiger partial charge is 0.324 e. The Morgan fingerprint density at radius 3 is 2.80 bits per heavy atom. The summed E-state index contributed by atoms with van der Waals surface area (Å²) in [6.07, 6.45) is 3.14. The molecule has 0 radical (unpaired) electrons. The molecular weight excluding hydrogens is 128 g/mol. The van der Waals surface area contributed by atoms with Crippen LogP contribution < -0.4 is 10.5 Å². The van der Waals surface area contributed by atoms with E-state index in [1.54, 1.807) is 18.5 Å². The van der Waals surface area contributed by atoms with Gasteiger partial charge in [-0.05, 0) is 13.0 Å². The van der Waals surface area contributed by atoms with Gasteiger partial charge in [-0.25, -0.2) is 0 Å². The van der Waals surface area contributed by atoms with Crippen LogP contribution in [0.15, 0.2) is 24.5 Å². The van der Waals surface area contributed by atoms with E-state index in [9.17, 15) is 0 Å². The molecule has 1 aromatic heterocycles. The van der Waals surface area contributed by atoms with Crippen molar-refractivity contribution < 1.29 is 9.94 Å². The third-order valence-corrected chi connectivity index (χ3v) is 1.33. The van der Waals surface area contributed by atoms with E-state index < -0.39 is 0 Å². The fourth-order valence-corrected chi connectivity index (χ4v) is 0.750. The summed E-state index contributed by atoms with van der Waals surface area (Å²) in [6, 6.07) is 3.59. The Bertz CT molecular complexity index is 223. The summed E-state index contributed by atoms with van der Waals surface area (Å²) in [5.74, 6) is 0. The molecule has 54 valence electrons. The molecule has 0 aliphatic heterocycles. The van der Waals surface area contributed by atoms with Crippen LogP contribution in [0.4, 0.5) is 0 Å². The molecule has 1 aromatic rings. The van der Waals surface area contributed by atoms with E-state index in [0.29, 0.717) is 0 Å². The average Bonchev–Trinajstić information content (AvgIpc) is 1.88. The maximum absolute atomic E-state index is 8.92. The van der Waals surface area contributed by atoms with Crippen LogP contribution in [0.2, 0.25) is 0 Å². The molecule has 3 N–H and O–H groups in total. The highest BCUT2D eigenvalue weighted by molar-refractivity contribution is 5.08. The molecule has 1 heterocycles. The van der Waals surface area contributed by atoms with Gasteiger partial charge in [0.2, 0.25) is 12.4 Å². The Morgan fingerprint density at radius 2 is 2.40 bits per heavy atom. The van der Waals surface area contributed by atoms with Crippen LogP contribution in [0.3, 0.4) is 0 Å². The Balaban J connectivity index is 2.96. The lowest BCUT2D eigenvalue weighted by atomic mass is 10.2. The fraction of sp³-hybridized carbons (Fsp3) is 0.286. The Kier molecular flexibility index (Phi) is 1.87.